The van der Waals surface area contributed by atoms with Crippen LogP contribution in [-0.4, -0.2) is 54.8 Å². The van der Waals surface area contributed by atoms with Gasteiger partial charge in [-0.1, -0.05) is 0 Å². The molecule has 5 heteroatoms. The summed E-state index contributed by atoms with van der Waals surface area (Å²) in [5, 5.41) is 0. The molecule has 0 bridgehead atoms. The molecule has 0 aromatic heterocycles. The van der Waals surface area contributed by atoms with Gasteiger partial charge in [0.2, 0.25) is 0 Å². The van der Waals surface area contributed by atoms with E-state index in [1.807, 2.05) is 0 Å². The molecule has 0 spiro atoms. The minimum absolute atomic E-state index is 0.0415. The third-order valence-electron chi connectivity index (χ3n) is 2.15. The number of rotatable bonds is 1. The summed E-state index contributed by atoms with van der Waals surface area (Å²) >= 11 is 0. The number of amides is 2. The van der Waals surface area contributed by atoms with Gasteiger partial charge >= 0.3 is 11.8 Å². The lowest BCUT2D eigenvalue weighted by Gasteiger charge is -2.35. The zero-order valence-electron chi connectivity index (χ0n) is 7.28. The smallest absolute Gasteiger partial charge is 0.312 e. The van der Waals surface area contributed by atoms with E-state index in [1.54, 1.807) is 14.1 Å². The summed E-state index contributed by atoms with van der Waals surface area (Å²) in [6, 6.07) is -0.0415. The molecular weight excluding hydrogens is 158 g/mol. The third kappa shape index (κ3) is 1.27. The maximum absolute atomic E-state index is 11.2. The molecule has 0 aromatic carbocycles. The zero-order chi connectivity index (χ0) is 9.30. The Morgan fingerprint density at radius 3 is 2.50 bits per heavy atom. The van der Waals surface area contributed by atoms with Crippen LogP contribution in [0.1, 0.15) is 0 Å². The Morgan fingerprint density at radius 2 is 2.00 bits per heavy atom. The van der Waals surface area contributed by atoms with Gasteiger partial charge in [0.25, 0.3) is 0 Å². The minimum Gasteiger partial charge on any atom is -0.335 e. The summed E-state index contributed by atoms with van der Waals surface area (Å²) in [6.45, 7) is 0.914. The van der Waals surface area contributed by atoms with Crippen molar-refractivity contribution in [2.75, 3.05) is 27.2 Å². The molecule has 5 nitrogen and oxygen atoms in total. The maximum atomic E-state index is 11.2. The highest BCUT2D eigenvalue weighted by molar-refractivity contribution is 6.35. The Kier molecular flexibility index (Phi) is 2.32. The number of nitrogens with zero attached hydrogens (tertiary/aromatic N) is 2. The van der Waals surface area contributed by atoms with Crippen molar-refractivity contribution >= 4 is 11.8 Å². The number of likely N-dealkylation sites (N-methyl/N-ethyl adjacent to an activating group) is 2. The molecule has 1 aliphatic rings. The largest absolute Gasteiger partial charge is 0.335 e. The monoisotopic (exact) mass is 171 g/mol. The van der Waals surface area contributed by atoms with Gasteiger partial charge in [-0.05, 0) is 0 Å². The number of carbonyl (C=O) groups is 2. The lowest BCUT2D eigenvalue weighted by atomic mass is 10.2. The lowest BCUT2D eigenvalue weighted by Crippen LogP contribution is -2.59. The second-order valence-electron chi connectivity index (χ2n) is 2.99. The Balaban J connectivity index is 2.77. The second kappa shape index (κ2) is 3.10. The van der Waals surface area contributed by atoms with Crippen molar-refractivity contribution in [2.24, 2.45) is 5.73 Å². The number of carbonyl (C=O) groups excluding carboxylic acids is 2. The van der Waals surface area contributed by atoms with Crippen LogP contribution < -0.4 is 5.73 Å². The van der Waals surface area contributed by atoms with E-state index in [4.69, 9.17) is 5.73 Å². The molecule has 0 saturated carbocycles. The highest BCUT2D eigenvalue weighted by Crippen LogP contribution is 2.06. The van der Waals surface area contributed by atoms with Gasteiger partial charge in [-0.3, -0.25) is 9.59 Å². The minimum atomic E-state index is -0.473. The van der Waals surface area contributed by atoms with E-state index in [1.165, 1.54) is 9.80 Å². The first kappa shape index (κ1) is 8.99. The van der Waals surface area contributed by atoms with Gasteiger partial charge in [0, 0.05) is 27.2 Å². The molecule has 1 unspecified atom stereocenters. The number of piperazine rings is 1. The van der Waals surface area contributed by atoms with Crippen LogP contribution in [0.15, 0.2) is 0 Å². The van der Waals surface area contributed by atoms with Gasteiger partial charge in [-0.2, -0.15) is 0 Å². The number of hydrogen-bond acceptors (Lipinski definition) is 3. The summed E-state index contributed by atoms with van der Waals surface area (Å²) in [5.74, 6) is -0.929. The lowest BCUT2D eigenvalue weighted by molar-refractivity contribution is -0.156. The van der Waals surface area contributed by atoms with Gasteiger partial charge < -0.3 is 15.5 Å². The van der Waals surface area contributed by atoms with Crippen LogP contribution in [0.5, 0.6) is 0 Å². The average molecular weight is 171 g/mol. The molecule has 1 aliphatic heterocycles. The van der Waals surface area contributed by atoms with Gasteiger partial charge in [-0.15, -0.1) is 0 Å². The van der Waals surface area contributed by atoms with Crippen LogP contribution in [0, 0.1) is 0 Å². The predicted octanol–water partition coefficient (Wildman–Crippen LogP) is -1.76. The maximum Gasteiger partial charge on any atom is 0.312 e. The fraction of sp³-hybridized carbons (Fsp3) is 0.714. The molecule has 2 amide bonds. The first-order valence-electron chi connectivity index (χ1n) is 3.80. The number of hydrogen-bond donors (Lipinski definition) is 1. The molecule has 12 heavy (non-hydrogen) atoms. The predicted molar refractivity (Wildman–Crippen MR) is 43.2 cm³/mol. The Bertz CT molecular complexity index is 217. The van der Waals surface area contributed by atoms with Gasteiger partial charge in [0.15, 0.2) is 0 Å². The highest BCUT2D eigenvalue weighted by Gasteiger charge is 2.33. The SMILES string of the molecule is CN1CC(CN)N(C)C(=O)C1=O. The molecule has 0 radical (unpaired) electrons. The molecule has 0 aromatic rings. The summed E-state index contributed by atoms with van der Waals surface area (Å²) in [6.07, 6.45) is 0. The second-order valence-corrected chi connectivity index (χ2v) is 2.99. The van der Waals surface area contributed by atoms with Crippen LogP contribution >= 0.6 is 0 Å². The molecule has 1 fully saturated rings. The molecule has 0 aliphatic carbocycles. The third-order valence-corrected chi connectivity index (χ3v) is 2.15. The molecule has 1 saturated heterocycles. The summed E-state index contributed by atoms with van der Waals surface area (Å²) in [7, 11) is 3.21. The molecule has 1 heterocycles. The summed E-state index contributed by atoms with van der Waals surface area (Å²) < 4.78 is 0. The molecule has 2 N–H and O–H groups in total. The van der Waals surface area contributed by atoms with Crippen LogP contribution in [0.3, 0.4) is 0 Å². The topological polar surface area (TPSA) is 66.6 Å². The number of nitrogens with two attached hydrogens (primary N) is 1. The molecule has 1 atom stereocenters. The van der Waals surface area contributed by atoms with Crippen LogP contribution in [0.2, 0.25) is 0 Å². The van der Waals surface area contributed by atoms with E-state index in [-0.39, 0.29) is 6.04 Å². The normalized spacial score (nSPS) is 25.1. The Morgan fingerprint density at radius 1 is 1.42 bits per heavy atom. The van der Waals surface area contributed by atoms with Gasteiger partial charge in [0.1, 0.15) is 0 Å². The zero-order valence-corrected chi connectivity index (χ0v) is 7.28. The van der Waals surface area contributed by atoms with E-state index in [2.05, 4.69) is 0 Å². The Hall–Kier alpha value is -1.10. The fourth-order valence-corrected chi connectivity index (χ4v) is 1.23. The molecule has 1 rings (SSSR count). The first-order valence-corrected chi connectivity index (χ1v) is 3.80. The average Bonchev–Trinajstić information content (AvgIpc) is 2.08. The van der Waals surface area contributed by atoms with E-state index in [0.717, 1.165) is 0 Å². The highest BCUT2D eigenvalue weighted by atomic mass is 16.2. The van der Waals surface area contributed by atoms with Crippen molar-refractivity contribution in [2.45, 2.75) is 6.04 Å². The van der Waals surface area contributed by atoms with E-state index < -0.39 is 11.8 Å². The molecular formula is C7H13N3O2. The Labute approximate surface area is 71.1 Å². The van der Waals surface area contributed by atoms with Crippen LogP contribution in [0.4, 0.5) is 0 Å². The van der Waals surface area contributed by atoms with E-state index in [9.17, 15) is 9.59 Å². The van der Waals surface area contributed by atoms with Crippen molar-refractivity contribution < 1.29 is 9.59 Å². The van der Waals surface area contributed by atoms with Crippen molar-refractivity contribution in [3.8, 4) is 0 Å². The molecule has 68 valence electrons. The van der Waals surface area contributed by atoms with Crippen molar-refractivity contribution in [3.63, 3.8) is 0 Å². The van der Waals surface area contributed by atoms with Crippen LogP contribution in [-0.2, 0) is 9.59 Å². The van der Waals surface area contributed by atoms with Crippen molar-refractivity contribution in [3.05, 3.63) is 0 Å². The first-order chi connectivity index (χ1) is 5.57. The summed E-state index contributed by atoms with van der Waals surface area (Å²) in [4.78, 5) is 25.1. The van der Waals surface area contributed by atoms with Gasteiger partial charge in [0.05, 0.1) is 6.04 Å². The van der Waals surface area contributed by atoms with E-state index in [0.29, 0.717) is 13.1 Å². The van der Waals surface area contributed by atoms with Gasteiger partial charge in [-0.25, -0.2) is 0 Å². The quantitative estimate of drug-likeness (QED) is 0.475. The fourth-order valence-electron chi connectivity index (χ4n) is 1.23. The summed E-state index contributed by atoms with van der Waals surface area (Å²) in [5.41, 5.74) is 5.43. The van der Waals surface area contributed by atoms with Crippen molar-refractivity contribution in [1.29, 1.82) is 0 Å². The standard InChI is InChI=1S/C7H13N3O2/c1-9-4-5(3-8)10(2)7(12)6(9)11/h5H,3-4,8H2,1-2H3. The van der Waals surface area contributed by atoms with Crippen molar-refractivity contribution in [1.82, 2.24) is 9.80 Å². The van der Waals surface area contributed by atoms with Crippen LogP contribution in [0.25, 0.3) is 0 Å². The van der Waals surface area contributed by atoms with E-state index >= 15 is 0 Å².